The average molecular weight is 456 g/mol. The fraction of sp³-hybridized carbons (Fsp3) is 0.417. The van der Waals surface area contributed by atoms with Crippen LogP contribution >= 0.6 is 0 Å². The third kappa shape index (κ3) is 4.71. The highest BCUT2D eigenvalue weighted by Crippen LogP contribution is 2.32. The van der Waals surface area contributed by atoms with E-state index in [1.54, 1.807) is 29.2 Å². The third-order valence-electron chi connectivity index (χ3n) is 6.31. The zero-order valence-corrected chi connectivity index (χ0v) is 19.1. The van der Waals surface area contributed by atoms with Gasteiger partial charge in [0.1, 0.15) is 0 Å². The Morgan fingerprint density at radius 2 is 1.69 bits per heavy atom. The first kappa shape index (κ1) is 22.5. The van der Waals surface area contributed by atoms with Gasteiger partial charge in [0.2, 0.25) is 21.8 Å². The van der Waals surface area contributed by atoms with Gasteiger partial charge < -0.3 is 10.2 Å². The molecule has 8 heteroatoms. The molecule has 0 radical (unpaired) electrons. The van der Waals surface area contributed by atoms with Gasteiger partial charge in [-0.05, 0) is 48.1 Å². The number of nitrogens with zero attached hydrogens (tertiary/aromatic N) is 2. The van der Waals surface area contributed by atoms with Crippen molar-refractivity contribution in [2.75, 3.05) is 19.6 Å². The Balaban J connectivity index is 1.39. The van der Waals surface area contributed by atoms with E-state index < -0.39 is 10.0 Å². The monoisotopic (exact) mass is 455 g/mol. The molecule has 1 atom stereocenters. The molecule has 7 nitrogen and oxygen atoms in total. The van der Waals surface area contributed by atoms with Gasteiger partial charge in [0.05, 0.1) is 17.4 Å². The van der Waals surface area contributed by atoms with Crippen molar-refractivity contribution >= 4 is 21.8 Å². The average Bonchev–Trinajstić information content (AvgIpc) is 3.34. The second-order valence-corrected chi connectivity index (χ2v) is 10.4. The molecule has 2 aliphatic heterocycles. The highest BCUT2D eigenvalue weighted by atomic mass is 32.2. The Hall–Kier alpha value is -2.71. The van der Waals surface area contributed by atoms with Crippen molar-refractivity contribution in [3.63, 3.8) is 0 Å². The molecule has 2 aromatic rings. The van der Waals surface area contributed by atoms with Gasteiger partial charge in [-0.15, -0.1) is 0 Å². The maximum Gasteiger partial charge on any atom is 0.243 e. The Kier molecular flexibility index (Phi) is 6.62. The van der Waals surface area contributed by atoms with E-state index in [2.05, 4.69) is 11.4 Å². The Morgan fingerprint density at radius 3 is 2.38 bits per heavy atom. The minimum absolute atomic E-state index is 0.0351. The van der Waals surface area contributed by atoms with Crippen molar-refractivity contribution in [2.24, 2.45) is 0 Å². The number of benzene rings is 2. The Morgan fingerprint density at radius 1 is 1.00 bits per heavy atom. The number of sulfonamides is 1. The smallest absolute Gasteiger partial charge is 0.243 e. The third-order valence-corrected chi connectivity index (χ3v) is 8.22. The SMILES string of the molecule is CC(=O)N1CCc2ccccc2C1CC(=O)NCc1ccc(S(=O)(=O)N2CCCC2)cc1. The first-order valence-corrected chi connectivity index (χ1v) is 12.5. The summed E-state index contributed by atoms with van der Waals surface area (Å²) in [6, 6.07) is 14.4. The Labute approximate surface area is 189 Å². The number of fused-ring (bicyclic) bond motifs is 1. The van der Waals surface area contributed by atoms with Gasteiger partial charge in [-0.25, -0.2) is 8.42 Å². The van der Waals surface area contributed by atoms with Crippen LogP contribution < -0.4 is 5.32 Å². The number of rotatable bonds is 6. The van der Waals surface area contributed by atoms with E-state index in [4.69, 9.17) is 0 Å². The van der Waals surface area contributed by atoms with Gasteiger partial charge in [0.15, 0.2) is 0 Å². The summed E-state index contributed by atoms with van der Waals surface area (Å²) in [5.74, 6) is -0.182. The van der Waals surface area contributed by atoms with Crippen molar-refractivity contribution in [1.82, 2.24) is 14.5 Å². The largest absolute Gasteiger partial charge is 0.352 e. The number of amides is 2. The van der Waals surface area contributed by atoms with E-state index in [-0.39, 0.29) is 29.2 Å². The molecule has 2 aliphatic rings. The van der Waals surface area contributed by atoms with Crippen LogP contribution in [0.1, 0.15) is 48.9 Å². The maximum atomic E-state index is 12.7. The van der Waals surface area contributed by atoms with Crippen LogP contribution in [-0.4, -0.2) is 49.1 Å². The molecular weight excluding hydrogens is 426 g/mol. The van der Waals surface area contributed by atoms with E-state index in [1.165, 1.54) is 16.8 Å². The molecule has 0 aromatic heterocycles. The highest BCUT2D eigenvalue weighted by molar-refractivity contribution is 7.89. The minimum Gasteiger partial charge on any atom is -0.352 e. The van der Waals surface area contributed by atoms with E-state index in [0.717, 1.165) is 30.4 Å². The lowest BCUT2D eigenvalue weighted by molar-refractivity contribution is -0.133. The lowest BCUT2D eigenvalue weighted by Gasteiger charge is -2.36. The van der Waals surface area contributed by atoms with Gasteiger partial charge in [-0.3, -0.25) is 9.59 Å². The summed E-state index contributed by atoms with van der Waals surface area (Å²) in [5, 5.41) is 2.91. The van der Waals surface area contributed by atoms with Gasteiger partial charge in [0, 0.05) is 33.1 Å². The molecule has 2 aromatic carbocycles. The molecule has 4 rings (SSSR count). The van der Waals surface area contributed by atoms with Crippen molar-refractivity contribution in [3.8, 4) is 0 Å². The van der Waals surface area contributed by atoms with E-state index >= 15 is 0 Å². The molecule has 1 unspecified atom stereocenters. The van der Waals surface area contributed by atoms with Gasteiger partial charge >= 0.3 is 0 Å². The van der Waals surface area contributed by atoms with Crippen LogP contribution in [0.5, 0.6) is 0 Å². The standard InChI is InChI=1S/C24H29N3O4S/c1-18(28)27-15-12-20-6-2-3-7-22(20)23(27)16-24(29)25-17-19-8-10-21(11-9-19)32(30,31)26-13-4-5-14-26/h2-3,6-11,23H,4-5,12-17H2,1H3,(H,25,29). The molecule has 170 valence electrons. The van der Waals surface area contributed by atoms with Gasteiger partial charge in [-0.2, -0.15) is 4.31 Å². The number of hydrogen-bond donors (Lipinski definition) is 1. The zero-order valence-electron chi connectivity index (χ0n) is 18.3. The number of carbonyl (C=O) groups is 2. The second kappa shape index (κ2) is 9.42. The summed E-state index contributed by atoms with van der Waals surface area (Å²) in [5.41, 5.74) is 3.03. The van der Waals surface area contributed by atoms with Crippen LogP contribution in [-0.2, 0) is 32.6 Å². The molecule has 0 bridgehead atoms. The molecule has 32 heavy (non-hydrogen) atoms. The van der Waals surface area contributed by atoms with Gasteiger partial charge in [0.25, 0.3) is 0 Å². The van der Waals surface area contributed by atoms with Crippen LogP contribution in [0.2, 0.25) is 0 Å². The maximum absolute atomic E-state index is 12.7. The van der Waals surface area contributed by atoms with Crippen LogP contribution in [0.25, 0.3) is 0 Å². The van der Waals surface area contributed by atoms with Crippen molar-refractivity contribution < 1.29 is 18.0 Å². The van der Waals surface area contributed by atoms with Crippen molar-refractivity contribution in [2.45, 2.75) is 50.1 Å². The fourth-order valence-electron chi connectivity index (χ4n) is 4.55. The molecule has 1 saturated heterocycles. The normalized spacial score (nSPS) is 18.9. The molecule has 0 saturated carbocycles. The summed E-state index contributed by atoms with van der Waals surface area (Å²) in [7, 11) is -3.44. The summed E-state index contributed by atoms with van der Waals surface area (Å²) in [6.45, 7) is 3.59. The van der Waals surface area contributed by atoms with E-state index in [9.17, 15) is 18.0 Å². The number of hydrogen-bond acceptors (Lipinski definition) is 4. The molecule has 2 heterocycles. The van der Waals surface area contributed by atoms with Crippen LogP contribution in [0.3, 0.4) is 0 Å². The molecule has 1 N–H and O–H groups in total. The lowest BCUT2D eigenvalue weighted by atomic mass is 9.90. The Bertz CT molecular complexity index is 1090. The number of nitrogens with one attached hydrogen (secondary N) is 1. The van der Waals surface area contributed by atoms with Gasteiger partial charge in [-0.1, -0.05) is 36.4 Å². The topological polar surface area (TPSA) is 86.8 Å². The summed E-state index contributed by atoms with van der Waals surface area (Å²) >= 11 is 0. The first-order chi connectivity index (χ1) is 15.4. The summed E-state index contributed by atoms with van der Waals surface area (Å²) in [4.78, 5) is 26.9. The lowest BCUT2D eigenvalue weighted by Crippen LogP contribution is -2.41. The quantitative estimate of drug-likeness (QED) is 0.726. The first-order valence-electron chi connectivity index (χ1n) is 11.1. The second-order valence-electron chi connectivity index (χ2n) is 8.41. The minimum atomic E-state index is -3.44. The fourth-order valence-corrected chi connectivity index (χ4v) is 6.07. The number of carbonyl (C=O) groups excluding carboxylic acids is 2. The summed E-state index contributed by atoms with van der Waals surface area (Å²) < 4.78 is 26.8. The molecule has 0 spiro atoms. The molecule has 2 amide bonds. The van der Waals surface area contributed by atoms with Crippen LogP contribution in [0.15, 0.2) is 53.4 Å². The van der Waals surface area contributed by atoms with Crippen LogP contribution in [0, 0.1) is 0 Å². The predicted molar refractivity (Wildman–Crippen MR) is 121 cm³/mol. The van der Waals surface area contributed by atoms with Crippen LogP contribution in [0.4, 0.5) is 0 Å². The van der Waals surface area contributed by atoms with E-state index in [0.29, 0.717) is 26.2 Å². The highest BCUT2D eigenvalue weighted by Gasteiger charge is 2.30. The zero-order chi connectivity index (χ0) is 22.7. The van der Waals surface area contributed by atoms with Crippen molar-refractivity contribution in [3.05, 3.63) is 65.2 Å². The van der Waals surface area contributed by atoms with Crippen molar-refractivity contribution in [1.29, 1.82) is 0 Å². The molecule has 1 fully saturated rings. The predicted octanol–water partition coefficient (Wildman–Crippen LogP) is 2.62. The summed E-state index contributed by atoms with van der Waals surface area (Å²) in [6.07, 6.45) is 2.78. The molecular formula is C24H29N3O4S. The molecule has 0 aliphatic carbocycles. The van der Waals surface area contributed by atoms with E-state index in [1.807, 2.05) is 18.2 Å².